The SMILES string of the molecule is O=C(NNC(=O)c1ccc([N+](=O)[O-])cc1F)c1ccc(Br)cc1. The van der Waals surface area contributed by atoms with Gasteiger partial charge in [-0.3, -0.25) is 30.6 Å². The van der Waals surface area contributed by atoms with E-state index in [4.69, 9.17) is 0 Å². The molecule has 2 amide bonds. The van der Waals surface area contributed by atoms with E-state index in [1.807, 2.05) is 5.43 Å². The van der Waals surface area contributed by atoms with Crippen molar-refractivity contribution in [3.63, 3.8) is 0 Å². The molecule has 2 aromatic carbocycles. The van der Waals surface area contributed by atoms with Gasteiger partial charge in [-0.15, -0.1) is 0 Å². The number of carbonyl (C=O) groups is 2. The summed E-state index contributed by atoms with van der Waals surface area (Å²) < 4.78 is 14.5. The third-order valence-corrected chi connectivity index (χ3v) is 3.33. The van der Waals surface area contributed by atoms with Crippen molar-refractivity contribution in [2.24, 2.45) is 0 Å². The molecular weight excluding hydrogens is 373 g/mol. The van der Waals surface area contributed by atoms with Crippen LogP contribution in [0.15, 0.2) is 46.9 Å². The van der Waals surface area contributed by atoms with Gasteiger partial charge in [0.15, 0.2) is 0 Å². The highest BCUT2D eigenvalue weighted by atomic mass is 79.9. The van der Waals surface area contributed by atoms with Crippen molar-refractivity contribution in [2.75, 3.05) is 0 Å². The predicted octanol–water partition coefficient (Wildman–Crippen LogP) is 2.57. The number of amides is 2. The van der Waals surface area contributed by atoms with Gasteiger partial charge in [-0.2, -0.15) is 0 Å². The molecular formula is C14H9BrFN3O4. The standard InChI is InChI=1S/C14H9BrFN3O4/c15-9-3-1-8(2-4-9)13(20)17-18-14(21)11-6-5-10(19(22)23)7-12(11)16/h1-7H,(H,17,20)(H,18,21). The summed E-state index contributed by atoms with van der Waals surface area (Å²) >= 11 is 3.22. The molecule has 0 saturated heterocycles. The van der Waals surface area contributed by atoms with E-state index in [1.54, 1.807) is 12.1 Å². The van der Waals surface area contributed by atoms with E-state index in [-0.39, 0.29) is 5.56 Å². The van der Waals surface area contributed by atoms with Crippen LogP contribution in [0.2, 0.25) is 0 Å². The number of carbonyl (C=O) groups excluding carboxylic acids is 2. The number of nitrogens with one attached hydrogen (secondary N) is 2. The Morgan fingerprint density at radius 3 is 2.22 bits per heavy atom. The van der Waals surface area contributed by atoms with Gasteiger partial charge in [0.1, 0.15) is 5.82 Å². The van der Waals surface area contributed by atoms with Crippen LogP contribution >= 0.6 is 15.9 Å². The first-order valence-electron chi connectivity index (χ1n) is 6.18. The molecule has 2 rings (SSSR count). The summed E-state index contributed by atoms with van der Waals surface area (Å²) in [5.74, 6) is -2.58. The molecule has 2 N–H and O–H groups in total. The summed E-state index contributed by atoms with van der Waals surface area (Å²) in [5.41, 5.74) is 3.56. The van der Waals surface area contributed by atoms with Crippen LogP contribution in [-0.2, 0) is 0 Å². The predicted molar refractivity (Wildman–Crippen MR) is 82.1 cm³/mol. The lowest BCUT2D eigenvalue weighted by Gasteiger charge is -2.08. The minimum Gasteiger partial charge on any atom is -0.267 e. The number of halogens is 2. The van der Waals surface area contributed by atoms with Crippen LogP contribution in [-0.4, -0.2) is 16.7 Å². The van der Waals surface area contributed by atoms with Crippen LogP contribution < -0.4 is 10.9 Å². The third kappa shape index (κ3) is 4.10. The van der Waals surface area contributed by atoms with E-state index in [0.29, 0.717) is 6.07 Å². The Bertz CT molecular complexity index is 780. The molecule has 23 heavy (non-hydrogen) atoms. The number of non-ortho nitro benzene ring substituents is 1. The summed E-state index contributed by atoms with van der Waals surface area (Å²) in [6.07, 6.45) is 0. The van der Waals surface area contributed by atoms with Gasteiger partial charge in [-0.05, 0) is 30.3 Å². The van der Waals surface area contributed by atoms with Crippen molar-refractivity contribution in [3.8, 4) is 0 Å². The highest BCUT2D eigenvalue weighted by Gasteiger charge is 2.16. The van der Waals surface area contributed by atoms with E-state index in [1.165, 1.54) is 12.1 Å². The molecule has 9 heteroatoms. The second-order valence-corrected chi connectivity index (χ2v) is 5.25. The normalized spacial score (nSPS) is 10.0. The minimum atomic E-state index is -1.06. The summed E-state index contributed by atoms with van der Waals surface area (Å²) in [7, 11) is 0. The molecule has 0 heterocycles. The van der Waals surface area contributed by atoms with Gasteiger partial charge >= 0.3 is 0 Å². The molecule has 0 saturated carbocycles. The van der Waals surface area contributed by atoms with Gasteiger partial charge in [0, 0.05) is 16.1 Å². The zero-order valence-corrected chi connectivity index (χ0v) is 13.0. The lowest BCUT2D eigenvalue weighted by molar-refractivity contribution is -0.385. The van der Waals surface area contributed by atoms with Crippen LogP contribution in [0.25, 0.3) is 0 Å². The van der Waals surface area contributed by atoms with Crippen molar-refractivity contribution in [1.29, 1.82) is 0 Å². The quantitative estimate of drug-likeness (QED) is 0.629. The number of benzene rings is 2. The van der Waals surface area contributed by atoms with E-state index >= 15 is 0 Å². The second kappa shape index (κ2) is 6.97. The Morgan fingerprint density at radius 2 is 1.65 bits per heavy atom. The second-order valence-electron chi connectivity index (χ2n) is 4.34. The summed E-state index contributed by atoms with van der Waals surface area (Å²) in [6, 6.07) is 8.93. The van der Waals surface area contributed by atoms with E-state index in [0.717, 1.165) is 16.6 Å². The highest BCUT2D eigenvalue weighted by molar-refractivity contribution is 9.10. The minimum absolute atomic E-state index is 0.290. The Balaban J connectivity index is 2.03. The van der Waals surface area contributed by atoms with Gasteiger partial charge in [-0.1, -0.05) is 15.9 Å². The fraction of sp³-hybridized carbons (Fsp3) is 0. The molecule has 2 aromatic rings. The summed E-state index contributed by atoms with van der Waals surface area (Å²) in [6.45, 7) is 0. The Labute approximate surface area is 137 Å². The molecule has 0 aliphatic rings. The molecule has 0 atom stereocenters. The Kier molecular flexibility index (Phi) is 5.02. The smallest absolute Gasteiger partial charge is 0.267 e. The maximum absolute atomic E-state index is 13.7. The summed E-state index contributed by atoms with van der Waals surface area (Å²) in [4.78, 5) is 33.3. The number of nitro benzene ring substituents is 1. The van der Waals surface area contributed by atoms with Crippen molar-refractivity contribution in [3.05, 3.63) is 74.0 Å². The van der Waals surface area contributed by atoms with Crippen molar-refractivity contribution < 1.29 is 18.9 Å². The Hall–Kier alpha value is -2.81. The highest BCUT2D eigenvalue weighted by Crippen LogP contribution is 2.16. The first-order valence-corrected chi connectivity index (χ1v) is 6.98. The van der Waals surface area contributed by atoms with E-state index < -0.39 is 33.8 Å². The lowest BCUT2D eigenvalue weighted by atomic mass is 10.2. The number of nitro groups is 1. The van der Waals surface area contributed by atoms with Gasteiger partial charge < -0.3 is 0 Å². The molecule has 0 unspecified atom stereocenters. The van der Waals surface area contributed by atoms with Crippen molar-refractivity contribution in [2.45, 2.75) is 0 Å². The first kappa shape index (κ1) is 16.6. The first-order chi connectivity index (χ1) is 10.9. The monoisotopic (exact) mass is 381 g/mol. The zero-order chi connectivity index (χ0) is 17.0. The largest absolute Gasteiger partial charge is 0.272 e. The van der Waals surface area contributed by atoms with Gasteiger partial charge in [0.25, 0.3) is 17.5 Å². The number of rotatable bonds is 3. The molecule has 0 bridgehead atoms. The molecule has 118 valence electrons. The fourth-order valence-corrected chi connectivity index (χ4v) is 1.92. The number of hydrogen-bond donors (Lipinski definition) is 2. The Morgan fingerprint density at radius 1 is 1.04 bits per heavy atom. The number of nitrogens with zero attached hydrogens (tertiary/aromatic N) is 1. The average molecular weight is 382 g/mol. The number of hydrogen-bond acceptors (Lipinski definition) is 4. The van der Waals surface area contributed by atoms with Gasteiger partial charge in [0.2, 0.25) is 0 Å². The average Bonchev–Trinajstić information content (AvgIpc) is 2.52. The van der Waals surface area contributed by atoms with E-state index in [9.17, 15) is 24.1 Å². The maximum Gasteiger partial charge on any atom is 0.272 e. The van der Waals surface area contributed by atoms with Crippen molar-refractivity contribution >= 4 is 33.4 Å². The fourth-order valence-electron chi connectivity index (χ4n) is 1.66. The van der Waals surface area contributed by atoms with Crippen LogP contribution in [0.5, 0.6) is 0 Å². The lowest BCUT2D eigenvalue weighted by Crippen LogP contribution is -2.41. The van der Waals surface area contributed by atoms with Crippen LogP contribution in [0.1, 0.15) is 20.7 Å². The van der Waals surface area contributed by atoms with Crippen molar-refractivity contribution in [1.82, 2.24) is 10.9 Å². The molecule has 0 aromatic heterocycles. The zero-order valence-electron chi connectivity index (χ0n) is 11.4. The molecule has 0 aliphatic carbocycles. The van der Waals surface area contributed by atoms with Crippen LogP contribution in [0.4, 0.5) is 10.1 Å². The molecule has 0 radical (unpaired) electrons. The number of hydrazine groups is 1. The summed E-state index contributed by atoms with van der Waals surface area (Å²) in [5, 5.41) is 10.5. The van der Waals surface area contributed by atoms with E-state index in [2.05, 4.69) is 21.4 Å². The van der Waals surface area contributed by atoms with Crippen LogP contribution in [0, 0.1) is 15.9 Å². The topological polar surface area (TPSA) is 101 Å². The van der Waals surface area contributed by atoms with Gasteiger partial charge in [-0.25, -0.2) is 4.39 Å². The molecule has 7 nitrogen and oxygen atoms in total. The third-order valence-electron chi connectivity index (χ3n) is 2.80. The maximum atomic E-state index is 13.7. The molecule has 0 spiro atoms. The van der Waals surface area contributed by atoms with Gasteiger partial charge in [0.05, 0.1) is 16.6 Å². The molecule has 0 fully saturated rings. The van der Waals surface area contributed by atoms with Crippen LogP contribution in [0.3, 0.4) is 0 Å². The molecule has 0 aliphatic heterocycles.